The van der Waals surface area contributed by atoms with Crippen LogP contribution >= 0.6 is 0 Å². The van der Waals surface area contributed by atoms with Gasteiger partial charge in [0.2, 0.25) is 0 Å². The number of fused-ring (bicyclic) bond motifs is 4. The Morgan fingerprint density at radius 3 is 2.76 bits per heavy atom. The fourth-order valence-electron chi connectivity index (χ4n) is 8.23. The van der Waals surface area contributed by atoms with Crippen LogP contribution in [0.1, 0.15) is 72.6 Å². The minimum atomic E-state index is 0.111. The maximum absolute atomic E-state index is 12.0. The molecule has 0 bridgehead atoms. The minimum absolute atomic E-state index is 0.111. The lowest BCUT2D eigenvalue weighted by atomic mass is 9.46. The van der Waals surface area contributed by atoms with Gasteiger partial charge in [-0.15, -0.1) is 0 Å². The first-order chi connectivity index (χ1) is 13.8. The van der Waals surface area contributed by atoms with Gasteiger partial charge >= 0.3 is 0 Å². The predicted molar refractivity (Wildman–Crippen MR) is 117 cm³/mol. The number of hydrogen-bond acceptors (Lipinski definition) is 2. The third-order valence-corrected chi connectivity index (χ3v) is 9.69. The number of rotatable bonds is 2. The number of carbonyl (C=O) groups excluding carboxylic acids is 1. The van der Waals surface area contributed by atoms with Crippen LogP contribution in [0.4, 0.5) is 0 Å². The number of carbonyl (C=O) groups is 1. The summed E-state index contributed by atoms with van der Waals surface area (Å²) >= 11 is 0. The number of allylic oxidation sites excluding steroid dienone is 6. The zero-order chi connectivity index (χ0) is 20.4. The van der Waals surface area contributed by atoms with Crippen molar-refractivity contribution in [3.8, 4) is 0 Å². The molecule has 0 unspecified atom stereocenters. The fraction of sp³-hybridized carbons (Fsp3) is 0.741. The summed E-state index contributed by atoms with van der Waals surface area (Å²) in [5, 5.41) is 0. The second kappa shape index (κ2) is 6.86. The van der Waals surface area contributed by atoms with Gasteiger partial charge in [-0.1, -0.05) is 39.3 Å². The molecule has 1 heterocycles. The SMILES string of the molecule is CC(C)C/C=C1/OC[C@]23CC[C@H]4[C@@H](CCC5=CC(=O)C=C[C@@]54C)[C@@H]2CC[C@@H]3[C@@H]1C. The summed E-state index contributed by atoms with van der Waals surface area (Å²) in [7, 11) is 0. The standard InChI is InChI=1S/C27H38O2/c1-17(2)5-10-25-18(3)22-8-9-24-21-7-6-19-15-20(28)11-13-26(19,4)23(21)12-14-27(22,24)16-29-25/h10-11,13,15,17-18,21-24H,5-9,12,14,16H2,1-4H3/b25-10+/t18-,21+,22+,23-,24-,26-,27-/m0/s1. The largest absolute Gasteiger partial charge is 0.497 e. The zero-order valence-corrected chi connectivity index (χ0v) is 18.7. The average molecular weight is 395 g/mol. The monoisotopic (exact) mass is 394 g/mol. The molecule has 158 valence electrons. The van der Waals surface area contributed by atoms with E-state index in [0.717, 1.165) is 37.2 Å². The van der Waals surface area contributed by atoms with Crippen molar-refractivity contribution in [2.24, 2.45) is 46.3 Å². The summed E-state index contributed by atoms with van der Waals surface area (Å²) in [5.74, 6) is 5.86. The Hall–Kier alpha value is -1.31. The van der Waals surface area contributed by atoms with Crippen LogP contribution in [0.25, 0.3) is 0 Å². The second-order valence-electron chi connectivity index (χ2n) is 11.4. The van der Waals surface area contributed by atoms with Gasteiger partial charge in [0.15, 0.2) is 5.78 Å². The van der Waals surface area contributed by atoms with Gasteiger partial charge in [0.25, 0.3) is 0 Å². The van der Waals surface area contributed by atoms with E-state index in [-0.39, 0.29) is 11.2 Å². The predicted octanol–water partition coefficient (Wildman–Crippen LogP) is 6.49. The van der Waals surface area contributed by atoms with E-state index < -0.39 is 0 Å². The molecule has 0 aromatic heterocycles. The van der Waals surface area contributed by atoms with Crippen LogP contribution in [0.15, 0.2) is 35.6 Å². The van der Waals surface area contributed by atoms with Gasteiger partial charge in [-0.05, 0) is 92.8 Å². The zero-order valence-electron chi connectivity index (χ0n) is 18.7. The molecule has 4 aliphatic carbocycles. The normalized spacial score (nSPS) is 47.2. The van der Waals surface area contributed by atoms with Crippen molar-refractivity contribution < 1.29 is 9.53 Å². The van der Waals surface area contributed by atoms with Gasteiger partial charge in [-0.25, -0.2) is 0 Å². The molecule has 5 aliphatic rings. The van der Waals surface area contributed by atoms with Crippen molar-refractivity contribution >= 4 is 5.78 Å². The lowest BCUT2D eigenvalue weighted by Gasteiger charge is -2.59. The van der Waals surface area contributed by atoms with Crippen molar-refractivity contribution in [3.63, 3.8) is 0 Å². The molecule has 1 spiro atoms. The molecule has 1 aliphatic heterocycles. The van der Waals surface area contributed by atoms with E-state index in [9.17, 15) is 4.79 Å². The third-order valence-electron chi connectivity index (χ3n) is 9.69. The van der Waals surface area contributed by atoms with Gasteiger partial charge in [0.05, 0.1) is 12.4 Å². The molecule has 3 saturated carbocycles. The summed E-state index contributed by atoms with van der Waals surface area (Å²) in [5.41, 5.74) is 1.92. The summed E-state index contributed by atoms with van der Waals surface area (Å²) in [4.78, 5) is 12.0. The van der Waals surface area contributed by atoms with E-state index in [0.29, 0.717) is 23.2 Å². The first-order valence-electron chi connectivity index (χ1n) is 12.1. The fourth-order valence-corrected chi connectivity index (χ4v) is 8.23. The summed E-state index contributed by atoms with van der Waals surface area (Å²) < 4.78 is 6.53. The molecule has 5 rings (SSSR count). The molecular formula is C27H38O2. The Morgan fingerprint density at radius 1 is 1.17 bits per heavy atom. The van der Waals surface area contributed by atoms with Crippen molar-refractivity contribution in [1.82, 2.24) is 0 Å². The van der Waals surface area contributed by atoms with Gasteiger partial charge in [-0.2, -0.15) is 0 Å². The molecule has 0 aromatic carbocycles. The van der Waals surface area contributed by atoms with Crippen LogP contribution in [-0.2, 0) is 9.53 Å². The number of hydrogen-bond donors (Lipinski definition) is 0. The molecule has 29 heavy (non-hydrogen) atoms. The Balaban J connectivity index is 1.41. The lowest BCUT2D eigenvalue weighted by Crippen LogP contribution is -2.54. The Bertz CT molecular complexity index is 786. The average Bonchev–Trinajstić information content (AvgIpc) is 3.08. The van der Waals surface area contributed by atoms with Crippen molar-refractivity contribution in [2.75, 3.05) is 6.61 Å². The molecule has 7 atom stereocenters. The highest BCUT2D eigenvalue weighted by molar-refractivity contribution is 6.01. The molecular weight excluding hydrogens is 356 g/mol. The third kappa shape index (κ3) is 2.84. The summed E-state index contributed by atoms with van der Waals surface area (Å²) in [6, 6.07) is 0. The van der Waals surface area contributed by atoms with E-state index >= 15 is 0 Å². The molecule has 0 aromatic rings. The summed E-state index contributed by atoms with van der Waals surface area (Å²) in [6.45, 7) is 10.4. The quantitative estimate of drug-likeness (QED) is 0.535. The highest BCUT2D eigenvalue weighted by Crippen LogP contribution is 2.68. The van der Waals surface area contributed by atoms with Crippen molar-refractivity contribution in [1.29, 1.82) is 0 Å². The van der Waals surface area contributed by atoms with Crippen LogP contribution in [0.2, 0.25) is 0 Å². The van der Waals surface area contributed by atoms with Gasteiger partial charge < -0.3 is 4.74 Å². The molecule has 1 saturated heterocycles. The Labute approximate surface area is 176 Å². The topological polar surface area (TPSA) is 26.3 Å². The smallest absolute Gasteiger partial charge is 0.178 e. The van der Waals surface area contributed by atoms with Crippen molar-refractivity contribution in [2.45, 2.75) is 72.6 Å². The highest BCUT2D eigenvalue weighted by Gasteiger charge is 2.63. The number of ketones is 1. The molecule has 0 N–H and O–H groups in total. The van der Waals surface area contributed by atoms with Crippen LogP contribution < -0.4 is 0 Å². The maximum Gasteiger partial charge on any atom is 0.178 e. The van der Waals surface area contributed by atoms with Crippen LogP contribution in [0, 0.1) is 46.3 Å². The van der Waals surface area contributed by atoms with Gasteiger partial charge in [0.1, 0.15) is 0 Å². The lowest BCUT2D eigenvalue weighted by molar-refractivity contribution is -0.117. The van der Waals surface area contributed by atoms with Crippen LogP contribution in [0.5, 0.6) is 0 Å². The van der Waals surface area contributed by atoms with E-state index in [1.165, 1.54) is 43.4 Å². The minimum Gasteiger partial charge on any atom is -0.497 e. The Kier molecular flexibility index (Phi) is 4.64. The molecule has 2 heteroatoms. The van der Waals surface area contributed by atoms with E-state index in [2.05, 4.69) is 39.8 Å². The van der Waals surface area contributed by atoms with Crippen LogP contribution in [-0.4, -0.2) is 12.4 Å². The Morgan fingerprint density at radius 2 is 1.97 bits per heavy atom. The maximum atomic E-state index is 12.0. The van der Waals surface area contributed by atoms with Crippen molar-refractivity contribution in [3.05, 3.63) is 35.6 Å². The van der Waals surface area contributed by atoms with E-state index in [1.54, 1.807) is 0 Å². The van der Waals surface area contributed by atoms with E-state index in [1.807, 2.05) is 12.2 Å². The van der Waals surface area contributed by atoms with Gasteiger partial charge in [-0.3, -0.25) is 4.79 Å². The first kappa shape index (κ1) is 19.6. The molecule has 0 amide bonds. The summed E-state index contributed by atoms with van der Waals surface area (Å²) in [6.07, 6.45) is 17.3. The molecule has 0 radical (unpaired) electrons. The highest BCUT2D eigenvalue weighted by atomic mass is 16.5. The van der Waals surface area contributed by atoms with Gasteiger partial charge in [0, 0.05) is 16.7 Å². The van der Waals surface area contributed by atoms with E-state index in [4.69, 9.17) is 4.74 Å². The molecule has 2 nitrogen and oxygen atoms in total. The number of ether oxygens (including phenoxy) is 1. The second-order valence-corrected chi connectivity index (χ2v) is 11.4. The van der Waals surface area contributed by atoms with Crippen LogP contribution in [0.3, 0.4) is 0 Å². The first-order valence-corrected chi connectivity index (χ1v) is 12.1. The molecule has 4 fully saturated rings.